The topological polar surface area (TPSA) is 70.1 Å². The van der Waals surface area contributed by atoms with Crippen molar-refractivity contribution in [2.75, 3.05) is 24.2 Å². The lowest BCUT2D eigenvalue weighted by Crippen LogP contribution is -2.44. The molecule has 0 bridgehead atoms. The van der Waals surface area contributed by atoms with Gasteiger partial charge >= 0.3 is 0 Å². The number of nitrogens with zero attached hydrogens (tertiary/aromatic N) is 3. The van der Waals surface area contributed by atoms with Crippen LogP contribution in [-0.4, -0.2) is 45.9 Å². The van der Waals surface area contributed by atoms with Crippen LogP contribution in [0.5, 0.6) is 0 Å². The highest BCUT2D eigenvalue weighted by atomic mass is 32.2. The van der Waals surface area contributed by atoms with E-state index in [1.54, 1.807) is 0 Å². The van der Waals surface area contributed by atoms with Gasteiger partial charge in [0.1, 0.15) is 0 Å². The molecule has 0 atom stereocenters. The highest BCUT2D eigenvalue weighted by Crippen LogP contribution is 2.27. The van der Waals surface area contributed by atoms with Gasteiger partial charge in [0.15, 0.2) is 4.34 Å². The number of amides is 1. The Balaban J connectivity index is 1.17. The number of rotatable bonds is 8. The van der Waals surface area contributed by atoms with E-state index in [1.165, 1.54) is 34.2 Å². The lowest BCUT2D eigenvalue weighted by molar-refractivity contribution is -0.119. The Labute approximate surface area is 191 Å². The monoisotopic (exact) mass is 453 g/mol. The number of piperidine rings is 1. The molecule has 1 fully saturated rings. The Morgan fingerprint density at radius 1 is 1.13 bits per heavy atom. The summed E-state index contributed by atoms with van der Waals surface area (Å²) in [5.74, 6) is 0.429. The van der Waals surface area contributed by atoms with Crippen molar-refractivity contribution in [1.29, 1.82) is 0 Å². The second-order valence-electron chi connectivity index (χ2n) is 7.76. The molecule has 162 valence electrons. The summed E-state index contributed by atoms with van der Waals surface area (Å²) in [5.41, 5.74) is 3.52. The maximum Gasteiger partial charge on any atom is 0.230 e. The van der Waals surface area contributed by atoms with Gasteiger partial charge in [-0.2, -0.15) is 0 Å². The van der Waals surface area contributed by atoms with Gasteiger partial charge < -0.3 is 10.6 Å². The molecule has 2 heterocycles. The van der Waals surface area contributed by atoms with Crippen molar-refractivity contribution < 1.29 is 4.79 Å². The zero-order chi connectivity index (χ0) is 21.5. The number of aromatic nitrogens is 2. The lowest BCUT2D eigenvalue weighted by atomic mass is 10.0. The largest absolute Gasteiger partial charge is 0.353 e. The molecule has 1 aliphatic heterocycles. The number of aryl methyl sites for hydroxylation is 1. The van der Waals surface area contributed by atoms with E-state index >= 15 is 0 Å². The van der Waals surface area contributed by atoms with Gasteiger partial charge in [-0.3, -0.25) is 9.69 Å². The summed E-state index contributed by atoms with van der Waals surface area (Å²) in [6, 6.07) is 18.9. The second kappa shape index (κ2) is 10.7. The standard InChI is InChI=1S/C23H27N5OS2/c1-17-6-5-9-20(14-17)25-22-26-27-23(31-22)30-16-21(29)24-19-10-12-28(13-11-19)15-18-7-3-2-4-8-18/h2-9,14,19H,10-13,15-16H2,1H3,(H,24,29)(H,25,26). The first-order valence-electron chi connectivity index (χ1n) is 10.5. The van der Waals surface area contributed by atoms with E-state index in [4.69, 9.17) is 0 Å². The van der Waals surface area contributed by atoms with Crippen molar-refractivity contribution in [1.82, 2.24) is 20.4 Å². The van der Waals surface area contributed by atoms with Crippen LogP contribution in [0.1, 0.15) is 24.0 Å². The molecule has 8 heteroatoms. The second-order valence-corrected chi connectivity index (χ2v) is 9.96. The Bertz CT molecular complexity index is 986. The van der Waals surface area contributed by atoms with Crippen LogP contribution in [0.15, 0.2) is 58.9 Å². The number of nitrogens with one attached hydrogen (secondary N) is 2. The molecule has 2 N–H and O–H groups in total. The molecular formula is C23H27N5OS2. The molecule has 1 aliphatic rings. The summed E-state index contributed by atoms with van der Waals surface area (Å²) in [6.07, 6.45) is 1.99. The fraction of sp³-hybridized carbons (Fsp3) is 0.348. The fourth-order valence-electron chi connectivity index (χ4n) is 3.64. The highest BCUT2D eigenvalue weighted by molar-refractivity contribution is 8.01. The Hall–Kier alpha value is -2.42. The lowest BCUT2D eigenvalue weighted by Gasteiger charge is -2.32. The third kappa shape index (κ3) is 6.78. The third-order valence-electron chi connectivity index (χ3n) is 5.20. The number of likely N-dealkylation sites (tertiary alicyclic amines) is 1. The van der Waals surface area contributed by atoms with Crippen molar-refractivity contribution in [3.63, 3.8) is 0 Å². The summed E-state index contributed by atoms with van der Waals surface area (Å²) in [6.45, 7) is 5.06. The van der Waals surface area contributed by atoms with E-state index in [1.807, 2.05) is 18.2 Å². The van der Waals surface area contributed by atoms with E-state index in [-0.39, 0.29) is 11.9 Å². The molecule has 3 aromatic rings. The van der Waals surface area contributed by atoms with Crippen molar-refractivity contribution in [3.8, 4) is 0 Å². The molecule has 1 saturated heterocycles. The van der Waals surface area contributed by atoms with Crippen LogP contribution in [0.25, 0.3) is 0 Å². The number of thioether (sulfide) groups is 1. The van der Waals surface area contributed by atoms with Gasteiger partial charge in [0.2, 0.25) is 11.0 Å². The molecule has 1 amide bonds. The number of hydrogen-bond acceptors (Lipinski definition) is 7. The summed E-state index contributed by atoms with van der Waals surface area (Å²) < 4.78 is 0.794. The number of carbonyl (C=O) groups excluding carboxylic acids is 1. The number of hydrogen-bond donors (Lipinski definition) is 2. The molecule has 0 spiro atoms. The van der Waals surface area contributed by atoms with E-state index in [2.05, 4.69) is 69.1 Å². The van der Waals surface area contributed by atoms with Crippen molar-refractivity contribution in [2.24, 2.45) is 0 Å². The summed E-state index contributed by atoms with van der Waals surface area (Å²) >= 11 is 2.90. The van der Waals surface area contributed by atoms with E-state index < -0.39 is 0 Å². The van der Waals surface area contributed by atoms with Crippen LogP contribution in [0.4, 0.5) is 10.8 Å². The van der Waals surface area contributed by atoms with Gasteiger partial charge in [0.05, 0.1) is 5.75 Å². The number of anilines is 2. The maximum atomic E-state index is 12.4. The number of carbonyl (C=O) groups is 1. The van der Waals surface area contributed by atoms with Gasteiger partial charge in [0.25, 0.3) is 0 Å². The summed E-state index contributed by atoms with van der Waals surface area (Å²) in [4.78, 5) is 14.8. The van der Waals surface area contributed by atoms with E-state index in [0.717, 1.165) is 47.6 Å². The molecule has 6 nitrogen and oxygen atoms in total. The Morgan fingerprint density at radius 3 is 2.71 bits per heavy atom. The molecule has 0 aliphatic carbocycles. The minimum absolute atomic E-state index is 0.0647. The van der Waals surface area contributed by atoms with Crippen LogP contribution < -0.4 is 10.6 Å². The van der Waals surface area contributed by atoms with Gasteiger partial charge in [-0.1, -0.05) is 65.6 Å². The minimum Gasteiger partial charge on any atom is -0.353 e. The molecule has 2 aromatic carbocycles. The summed E-state index contributed by atoms with van der Waals surface area (Å²) in [7, 11) is 0. The normalized spacial score (nSPS) is 15.0. The highest BCUT2D eigenvalue weighted by Gasteiger charge is 2.21. The van der Waals surface area contributed by atoms with Crippen LogP contribution in [-0.2, 0) is 11.3 Å². The SMILES string of the molecule is Cc1cccc(Nc2nnc(SCC(=O)NC3CCN(Cc4ccccc4)CC3)s2)c1. The predicted molar refractivity (Wildman–Crippen MR) is 128 cm³/mol. The minimum atomic E-state index is 0.0647. The Kier molecular flexibility index (Phi) is 7.56. The van der Waals surface area contributed by atoms with E-state index in [9.17, 15) is 4.79 Å². The van der Waals surface area contributed by atoms with Crippen molar-refractivity contribution in [2.45, 2.75) is 36.7 Å². The van der Waals surface area contributed by atoms with Crippen LogP contribution in [0.2, 0.25) is 0 Å². The quantitative estimate of drug-likeness (QED) is 0.491. The van der Waals surface area contributed by atoms with Crippen LogP contribution in [0, 0.1) is 6.92 Å². The smallest absolute Gasteiger partial charge is 0.230 e. The van der Waals surface area contributed by atoms with Gasteiger partial charge in [0, 0.05) is 31.4 Å². The summed E-state index contributed by atoms with van der Waals surface area (Å²) in [5, 5.41) is 15.5. The van der Waals surface area contributed by atoms with Crippen LogP contribution >= 0.6 is 23.1 Å². The molecule has 31 heavy (non-hydrogen) atoms. The van der Waals surface area contributed by atoms with E-state index in [0.29, 0.717) is 5.75 Å². The Morgan fingerprint density at radius 2 is 1.94 bits per heavy atom. The average Bonchev–Trinajstić information content (AvgIpc) is 3.22. The van der Waals surface area contributed by atoms with Gasteiger partial charge in [-0.05, 0) is 43.0 Å². The fourth-order valence-corrected chi connectivity index (χ4v) is 5.22. The molecule has 0 unspecified atom stereocenters. The first-order valence-corrected chi connectivity index (χ1v) is 12.3. The molecule has 0 saturated carbocycles. The van der Waals surface area contributed by atoms with Gasteiger partial charge in [-0.15, -0.1) is 10.2 Å². The number of benzene rings is 2. The zero-order valence-corrected chi connectivity index (χ0v) is 19.2. The zero-order valence-electron chi connectivity index (χ0n) is 17.6. The van der Waals surface area contributed by atoms with Crippen LogP contribution in [0.3, 0.4) is 0 Å². The first kappa shape index (κ1) is 21.8. The van der Waals surface area contributed by atoms with Gasteiger partial charge in [-0.25, -0.2) is 0 Å². The molecule has 0 radical (unpaired) electrons. The molecular weight excluding hydrogens is 426 g/mol. The third-order valence-corrected chi connectivity index (χ3v) is 7.18. The molecule has 1 aromatic heterocycles. The molecule has 4 rings (SSSR count). The first-order chi connectivity index (χ1) is 15.1. The predicted octanol–water partition coefficient (Wildman–Crippen LogP) is 4.46. The average molecular weight is 454 g/mol. The van der Waals surface area contributed by atoms with Crippen molar-refractivity contribution >= 4 is 39.8 Å². The van der Waals surface area contributed by atoms with Crippen molar-refractivity contribution in [3.05, 3.63) is 65.7 Å². The maximum absolute atomic E-state index is 12.4.